The van der Waals surface area contributed by atoms with Gasteiger partial charge in [0, 0.05) is 0 Å². The molecule has 2 aromatic carbocycles. The minimum Gasteiger partial charge on any atom is -0.443 e. The molecule has 0 saturated carbocycles. The van der Waals surface area contributed by atoms with Crippen LogP contribution >= 0.6 is 0 Å². The van der Waals surface area contributed by atoms with Crippen molar-refractivity contribution in [1.82, 2.24) is 4.72 Å². The molecule has 5 nitrogen and oxygen atoms in total. The van der Waals surface area contributed by atoms with Crippen LogP contribution in [0, 0.1) is 0 Å². The third kappa shape index (κ3) is 3.95. The lowest BCUT2D eigenvalue weighted by molar-refractivity contribution is 0.0570. The number of hydrogen-bond acceptors (Lipinski definition) is 4. The van der Waals surface area contributed by atoms with Crippen LogP contribution in [0.1, 0.15) is 20.8 Å². The zero-order valence-corrected chi connectivity index (χ0v) is 12.9. The Labute approximate surface area is 124 Å². The Morgan fingerprint density at radius 1 is 1.05 bits per heavy atom. The summed E-state index contributed by atoms with van der Waals surface area (Å²) in [5, 5.41) is 1.71. The van der Waals surface area contributed by atoms with E-state index in [1.54, 1.807) is 26.8 Å². The van der Waals surface area contributed by atoms with Crippen molar-refractivity contribution in [1.29, 1.82) is 0 Å². The minimum atomic E-state index is -3.95. The first-order valence-electron chi connectivity index (χ1n) is 6.42. The van der Waals surface area contributed by atoms with Crippen LogP contribution in [0.25, 0.3) is 10.8 Å². The summed E-state index contributed by atoms with van der Waals surface area (Å²) in [6, 6.07) is 12.0. The molecule has 1 N–H and O–H groups in total. The molecule has 0 aliphatic heterocycles. The van der Waals surface area contributed by atoms with Gasteiger partial charge in [-0.2, -0.15) is 0 Å². The molecule has 0 aliphatic rings. The molecule has 0 radical (unpaired) electrons. The third-order valence-electron chi connectivity index (χ3n) is 2.65. The van der Waals surface area contributed by atoms with Crippen molar-refractivity contribution < 1.29 is 17.9 Å². The predicted octanol–water partition coefficient (Wildman–Crippen LogP) is 3.05. The van der Waals surface area contributed by atoms with Gasteiger partial charge < -0.3 is 4.74 Å². The van der Waals surface area contributed by atoms with Gasteiger partial charge in [-0.05, 0) is 43.7 Å². The van der Waals surface area contributed by atoms with Crippen LogP contribution in [0.2, 0.25) is 0 Å². The van der Waals surface area contributed by atoms with Crippen LogP contribution in [0.15, 0.2) is 47.4 Å². The normalized spacial score (nSPS) is 12.1. The molecular formula is C15H17NO4S. The van der Waals surface area contributed by atoms with Gasteiger partial charge in [0.1, 0.15) is 5.60 Å². The highest BCUT2D eigenvalue weighted by Crippen LogP contribution is 2.19. The number of fused-ring (bicyclic) bond motifs is 1. The topological polar surface area (TPSA) is 72.5 Å². The van der Waals surface area contributed by atoms with Gasteiger partial charge in [-0.3, -0.25) is 0 Å². The van der Waals surface area contributed by atoms with E-state index >= 15 is 0 Å². The maximum Gasteiger partial charge on any atom is 0.421 e. The number of benzene rings is 2. The van der Waals surface area contributed by atoms with Gasteiger partial charge in [0.2, 0.25) is 0 Å². The summed E-state index contributed by atoms with van der Waals surface area (Å²) in [5.74, 6) is 0. The highest BCUT2D eigenvalue weighted by molar-refractivity contribution is 7.90. The second-order valence-electron chi connectivity index (χ2n) is 5.62. The SMILES string of the molecule is CC(C)(C)OC(=O)NS(=O)(=O)c1ccc2ccccc2c1. The number of carbonyl (C=O) groups is 1. The van der Waals surface area contributed by atoms with Crippen molar-refractivity contribution >= 4 is 26.9 Å². The Morgan fingerprint density at radius 2 is 1.67 bits per heavy atom. The van der Waals surface area contributed by atoms with Crippen molar-refractivity contribution in [2.24, 2.45) is 0 Å². The van der Waals surface area contributed by atoms with Crippen LogP contribution < -0.4 is 4.72 Å². The maximum atomic E-state index is 12.2. The van der Waals surface area contributed by atoms with E-state index in [1.807, 2.05) is 29.0 Å². The Morgan fingerprint density at radius 3 is 2.29 bits per heavy atom. The van der Waals surface area contributed by atoms with Crippen molar-refractivity contribution in [2.75, 3.05) is 0 Å². The molecule has 0 bridgehead atoms. The van der Waals surface area contributed by atoms with E-state index in [2.05, 4.69) is 0 Å². The molecule has 2 aromatic rings. The van der Waals surface area contributed by atoms with E-state index in [0.29, 0.717) is 0 Å². The Hall–Kier alpha value is -2.08. The van der Waals surface area contributed by atoms with E-state index in [4.69, 9.17) is 4.74 Å². The molecule has 1 amide bonds. The van der Waals surface area contributed by atoms with E-state index in [1.165, 1.54) is 12.1 Å². The van der Waals surface area contributed by atoms with Gasteiger partial charge in [0.25, 0.3) is 10.0 Å². The molecule has 0 spiro atoms. The van der Waals surface area contributed by atoms with E-state index < -0.39 is 21.7 Å². The lowest BCUT2D eigenvalue weighted by atomic mass is 10.1. The van der Waals surface area contributed by atoms with Crippen molar-refractivity contribution in [2.45, 2.75) is 31.3 Å². The molecule has 112 valence electrons. The summed E-state index contributed by atoms with van der Waals surface area (Å²) in [5.41, 5.74) is -0.761. The largest absolute Gasteiger partial charge is 0.443 e. The molecule has 2 rings (SSSR count). The highest BCUT2D eigenvalue weighted by atomic mass is 32.2. The lowest BCUT2D eigenvalue weighted by Crippen LogP contribution is -2.36. The summed E-state index contributed by atoms with van der Waals surface area (Å²) in [6.07, 6.45) is -0.990. The number of rotatable bonds is 2. The average molecular weight is 307 g/mol. The van der Waals surface area contributed by atoms with E-state index in [9.17, 15) is 13.2 Å². The number of ether oxygens (including phenoxy) is 1. The number of nitrogens with one attached hydrogen (secondary N) is 1. The van der Waals surface area contributed by atoms with E-state index in [0.717, 1.165) is 10.8 Å². The fraction of sp³-hybridized carbons (Fsp3) is 0.267. The monoisotopic (exact) mass is 307 g/mol. The van der Waals surface area contributed by atoms with Gasteiger partial charge in [0.05, 0.1) is 4.90 Å². The summed E-state index contributed by atoms with van der Waals surface area (Å²) < 4.78 is 31.2. The van der Waals surface area contributed by atoms with Crippen molar-refractivity contribution in [3.63, 3.8) is 0 Å². The predicted molar refractivity (Wildman–Crippen MR) is 80.5 cm³/mol. The van der Waals surface area contributed by atoms with Crippen LogP contribution in [-0.4, -0.2) is 20.1 Å². The van der Waals surface area contributed by atoms with Gasteiger partial charge in [-0.25, -0.2) is 17.9 Å². The first-order valence-corrected chi connectivity index (χ1v) is 7.90. The first-order chi connectivity index (χ1) is 9.67. The standard InChI is InChI=1S/C15H17NO4S/c1-15(2,3)20-14(17)16-21(18,19)13-9-8-11-6-4-5-7-12(11)10-13/h4-10H,1-3H3,(H,16,17). The van der Waals surface area contributed by atoms with Gasteiger partial charge in [0.15, 0.2) is 0 Å². The molecule has 0 heterocycles. The Balaban J connectivity index is 2.27. The second-order valence-corrected chi connectivity index (χ2v) is 7.30. The molecule has 0 atom stereocenters. The average Bonchev–Trinajstić information content (AvgIpc) is 2.35. The van der Waals surface area contributed by atoms with Crippen molar-refractivity contribution in [3.8, 4) is 0 Å². The molecular weight excluding hydrogens is 290 g/mol. The smallest absolute Gasteiger partial charge is 0.421 e. The van der Waals surface area contributed by atoms with Gasteiger partial charge in [-0.15, -0.1) is 0 Å². The van der Waals surface area contributed by atoms with Crippen LogP contribution in [0.4, 0.5) is 4.79 Å². The molecule has 0 fully saturated rings. The summed E-state index contributed by atoms with van der Waals surface area (Å²) in [4.78, 5) is 11.6. The maximum absolute atomic E-state index is 12.2. The molecule has 6 heteroatoms. The summed E-state index contributed by atoms with van der Waals surface area (Å²) in [6.45, 7) is 4.99. The first kappa shape index (κ1) is 15.3. The van der Waals surface area contributed by atoms with E-state index in [-0.39, 0.29) is 4.90 Å². The second kappa shape index (κ2) is 5.37. The highest BCUT2D eigenvalue weighted by Gasteiger charge is 2.22. The summed E-state index contributed by atoms with van der Waals surface area (Å²) >= 11 is 0. The number of sulfonamides is 1. The van der Waals surface area contributed by atoms with Crippen LogP contribution in [-0.2, 0) is 14.8 Å². The fourth-order valence-corrected chi connectivity index (χ4v) is 2.71. The molecule has 0 unspecified atom stereocenters. The van der Waals surface area contributed by atoms with Gasteiger partial charge in [-0.1, -0.05) is 30.3 Å². The molecule has 21 heavy (non-hydrogen) atoms. The quantitative estimate of drug-likeness (QED) is 0.925. The molecule has 0 saturated heterocycles. The Kier molecular flexibility index (Phi) is 3.91. The fourth-order valence-electron chi connectivity index (χ4n) is 1.80. The third-order valence-corrected chi connectivity index (χ3v) is 3.96. The minimum absolute atomic E-state index is 0.0204. The zero-order chi connectivity index (χ0) is 15.7. The lowest BCUT2D eigenvalue weighted by Gasteiger charge is -2.19. The summed E-state index contributed by atoms with van der Waals surface area (Å²) in [7, 11) is -3.95. The van der Waals surface area contributed by atoms with Gasteiger partial charge >= 0.3 is 6.09 Å². The number of hydrogen-bond donors (Lipinski definition) is 1. The number of carbonyl (C=O) groups excluding carboxylic acids is 1. The Bertz CT molecular complexity index is 776. The van der Waals surface area contributed by atoms with Crippen molar-refractivity contribution in [3.05, 3.63) is 42.5 Å². The van der Waals surface area contributed by atoms with Crippen LogP contribution in [0.5, 0.6) is 0 Å². The number of amides is 1. The molecule has 0 aromatic heterocycles. The molecule has 0 aliphatic carbocycles. The van der Waals surface area contributed by atoms with Crippen LogP contribution in [0.3, 0.4) is 0 Å². The zero-order valence-electron chi connectivity index (χ0n) is 12.1.